The fraction of sp³-hybridized carbons (Fsp3) is 0.217. The predicted octanol–water partition coefficient (Wildman–Crippen LogP) is 3.77. The lowest BCUT2D eigenvalue weighted by atomic mass is 10.0. The lowest BCUT2D eigenvalue weighted by molar-refractivity contribution is -0.140. The Hall–Kier alpha value is -3.54. The Morgan fingerprint density at radius 2 is 1.86 bits per heavy atom. The average Bonchev–Trinajstić information content (AvgIpc) is 3.16. The molecule has 0 spiro atoms. The molecule has 3 rings (SSSR count). The summed E-state index contributed by atoms with van der Waals surface area (Å²) in [6, 6.07) is 15.3. The summed E-state index contributed by atoms with van der Waals surface area (Å²) in [4.78, 5) is 24.5. The van der Waals surface area contributed by atoms with E-state index in [9.17, 15) is 9.59 Å². The minimum Gasteiger partial charge on any atom is -0.451 e. The third-order valence-electron chi connectivity index (χ3n) is 4.59. The Kier molecular flexibility index (Phi) is 6.34. The van der Waals surface area contributed by atoms with E-state index in [-0.39, 0.29) is 5.78 Å². The van der Waals surface area contributed by atoms with Gasteiger partial charge in [0.15, 0.2) is 6.10 Å². The fourth-order valence-electron chi connectivity index (χ4n) is 2.79. The van der Waals surface area contributed by atoms with E-state index in [2.05, 4.69) is 10.3 Å². The molecule has 0 unspecified atom stereocenters. The average molecular weight is 389 g/mol. The molecule has 3 aromatic rings. The molecule has 6 heteroatoms. The van der Waals surface area contributed by atoms with Crippen molar-refractivity contribution >= 4 is 17.8 Å². The van der Waals surface area contributed by atoms with Gasteiger partial charge in [0, 0.05) is 11.6 Å². The summed E-state index contributed by atoms with van der Waals surface area (Å²) in [5.74, 6) is -0.837. The second kappa shape index (κ2) is 9.10. The summed E-state index contributed by atoms with van der Waals surface area (Å²) in [5.41, 5.74) is 4.29. The first-order chi connectivity index (χ1) is 13.9. The fourth-order valence-corrected chi connectivity index (χ4v) is 2.79. The second-order valence-corrected chi connectivity index (χ2v) is 6.90. The molecule has 0 bridgehead atoms. The lowest BCUT2D eigenvalue weighted by Crippen LogP contribution is -2.23. The number of benzene rings is 2. The van der Waals surface area contributed by atoms with Crippen LogP contribution < -0.4 is 0 Å². The molecular weight excluding hydrogens is 366 g/mol. The van der Waals surface area contributed by atoms with Crippen LogP contribution in [0.4, 0.5) is 0 Å². The first kappa shape index (κ1) is 20.2. The maximum atomic E-state index is 12.5. The minimum absolute atomic E-state index is 0.233. The predicted molar refractivity (Wildman–Crippen MR) is 110 cm³/mol. The third kappa shape index (κ3) is 5.48. The topological polar surface area (TPSA) is 74.1 Å². The molecule has 2 aromatic carbocycles. The van der Waals surface area contributed by atoms with Crippen LogP contribution in [0.15, 0.2) is 60.8 Å². The van der Waals surface area contributed by atoms with Crippen molar-refractivity contribution in [1.82, 2.24) is 15.0 Å². The Balaban J connectivity index is 1.56. The van der Waals surface area contributed by atoms with Crippen LogP contribution in [0.2, 0.25) is 0 Å². The molecule has 0 saturated carbocycles. The number of aryl methyl sites for hydroxylation is 2. The monoisotopic (exact) mass is 389 g/mol. The van der Waals surface area contributed by atoms with E-state index >= 15 is 0 Å². The van der Waals surface area contributed by atoms with E-state index in [1.165, 1.54) is 12.2 Å². The van der Waals surface area contributed by atoms with Gasteiger partial charge < -0.3 is 4.74 Å². The Morgan fingerprint density at radius 3 is 2.59 bits per heavy atom. The molecule has 0 aliphatic rings. The van der Waals surface area contributed by atoms with Gasteiger partial charge in [0.2, 0.25) is 5.78 Å². The first-order valence-corrected chi connectivity index (χ1v) is 9.36. The number of Topliss-reactive ketones (excluding diaryl/α,β-unsaturated/α-hetero) is 1. The van der Waals surface area contributed by atoms with Crippen LogP contribution in [0.5, 0.6) is 0 Å². The number of aromatic nitrogens is 3. The van der Waals surface area contributed by atoms with Crippen molar-refractivity contribution in [2.24, 2.45) is 0 Å². The number of rotatable bonds is 7. The lowest BCUT2D eigenvalue weighted by Gasteiger charge is -2.11. The van der Waals surface area contributed by atoms with Gasteiger partial charge in [-0.3, -0.25) is 4.79 Å². The molecule has 1 heterocycles. The third-order valence-corrected chi connectivity index (χ3v) is 4.59. The first-order valence-electron chi connectivity index (χ1n) is 9.36. The summed E-state index contributed by atoms with van der Waals surface area (Å²) in [6.45, 7) is 6.08. The zero-order chi connectivity index (χ0) is 20.8. The van der Waals surface area contributed by atoms with Crippen molar-refractivity contribution in [2.45, 2.75) is 33.4 Å². The standard InChI is InChI=1S/C23H23N3O3/c1-16-9-10-20(13-17(16)2)23(28)18(3)29-22(27)12-11-21-15-26(25-24-21)14-19-7-5-4-6-8-19/h4-13,15,18H,14H2,1-3H3/b12-11+/t18-/m0/s1. The van der Waals surface area contributed by atoms with E-state index in [0.29, 0.717) is 17.8 Å². The number of carbonyl (C=O) groups is 2. The molecule has 148 valence electrons. The summed E-state index contributed by atoms with van der Waals surface area (Å²) in [7, 11) is 0. The highest BCUT2D eigenvalue weighted by Crippen LogP contribution is 2.13. The molecule has 0 amide bonds. The van der Waals surface area contributed by atoms with Crippen LogP contribution in [0.25, 0.3) is 6.08 Å². The SMILES string of the molecule is Cc1ccc(C(=O)[C@H](C)OC(=O)/C=C/c2cn(Cc3ccccc3)nn2)cc1C. The van der Waals surface area contributed by atoms with Crippen LogP contribution >= 0.6 is 0 Å². The quantitative estimate of drug-likeness (QED) is 0.349. The van der Waals surface area contributed by atoms with Crippen LogP contribution in [-0.4, -0.2) is 32.9 Å². The summed E-state index contributed by atoms with van der Waals surface area (Å²) in [6.07, 6.45) is 3.63. The van der Waals surface area contributed by atoms with Gasteiger partial charge >= 0.3 is 5.97 Å². The van der Waals surface area contributed by atoms with Crippen LogP contribution in [-0.2, 0) is 16.1 Å². The summed E-state index contributed by atoms with van der Waals surface area (Å²) < 4.78 is 6.92. The number of esters is 1. The van der Waals surface area contributed by atoms with Crippen LogP contribution in [0, 0.1) is 13.8 Å². The van der Waals surface area contributed by atoms with E-state index in [0.717, 1.165) is 16.7 Å². The van der Waals surface area contributed by atoms with E-state index in [1.807, 2.05) is 56.3 Å². The van der Waals surface area contributed by atoms with Gasteiger partial charge in [-0.15, -0.1) is 5.10 Å². The molecule has 0 saturated heterocycles. The Bertz CT molecular complexity index is 1040. The Morgan fingerprint density at radius 1 is 1.10 bits per heavy atom. The molecule has 29 heavy (non-hydrogen) atoms. The number of ether oxygens (including phenoxy) is 1. The van der Waals surface area contributed by atoms with Crippen molar-refractivity contribution in [3.05, 3.63) is 88.8 Å². The molecule has 1 aromatic heterocycles. The van der Waals surface area contributed by atoms with Crippen LogP contribution in [0.1, 0.15) is 39.7 Å². The molecule has 0 N–H and O–H groups in total. The zero-order valence-electron chi connectivity index (χ0n) is 16.7. The van der Waals surface area contributed by atoms with Gasteiger partial charge in [-0.25, -0.2) is 9.48 Å². The van der Waals surface area contributed by atoms with E-state index in [1.54, 1.807) is 23.9 Å². The number of nitrogens with zero attached hydrogens (tertiary/aromatic N) is 3. The molecule has 0 radical (unpaired) electrons. The smallest absolute Gasteiger partial charge is 0.331 e. The molecule has 0 fully saturated rings. The minimum atomic E-state index is -0.872. The normalized spacial score (nSPS) is 12.1. The highest BCUT2D eigenvalue weighted by molar-refractivity contribution is 6.01. The van der Waals surface area contributed by atoms with Crippen molar-refractivity contribution in [3.8, 4) is 0 Å². The molecule has 1 atom stereocenters. The van der Waals surface area contributed by atoms with E-state index < -0.39 is 12.1 Å². The van der Waals surface area contributed by atoms with Crippen molar-refractivity contribution in [1.29, 1.82) is 0 Å². The van der Waals surface area contributed by atoms with Crippen molar-refractivity contribution < 1.29 is 14.3 Å². The maximum Gasteiger partial charge on any atom is 0.331 e. The molecule has 6 nitrogen and oxygen atoms in total. The largest absolute Gasteiger partial charge is 0.451 e. The second-order valence-electron chi connectivity index (χ2n) is 6.90. The molecular formula is C23H23N3O3. The number of ketones is 1. The van der Waals surface area contributed by atoms with Gasteiger partial charge in [-0.2, -0.15) is 0 Å². The van der Waals surface area contributed by atoms with Crippen LogP contribution in [0.3, 0.4) is 0 Å². The van der Waals surface area contributed by atoms with Gasteiger partial charge in [-0.05, 0) is 49.6 Å². The number of hydrogen-bond donors (Lipinski definition) is 0. The maximum absolute atomic E-state index is 12.5. The van der Waals surface area contributed by atoms with Crippen molar-refractivity contribution in [2.75, 3.05) is 0 Å². The van der Waals surface area contributed by atoms with Gasteiger partial charge in [0.25, 0.3) is 0 Å². The van der Waals surface area contributed by atoms with Gasteiger partial charge in [-0.1, -0.05) is 47.7 Å². The van der Waals surface area contributed by atoms with Gasteiger partial charge in [0.05, 0.1) is 12.7 Å². The molecule has 0 aliphatic heterocycles. The zero-order valence-corrected chi connectivity index (χ0v) is 16.7. The summed E-state index contributed by atoms with van der Waals surface area (Å²) >= 11 is 0. The highest BCUT2D eigenvalue weighted by atomic mass is 16.5. The highest BCUT2D eigenvalue weighted by Gasteiger charge is 2.19. The van der Waals surface area contributed by atoms with E-state index in [4.69, 9.17) is 4.74 Å². The number of carbonyl (C=O) groups excluding carboxylic acids is 2. The summed E-state index contributed by atoms with van der Waals surface area (Å²) in [5, 5.41) is 8.06. The van der Waals surface area contributed by atoms with Gasteiger partial charge in [0.1, 0.15) is 5.69 Å². The van der Waals surface area contributed by atoms with Crippen molar-refractivity contribution in [3.63, 3.8) is 0 Å². The molecule has 0 aliphatic carbocycles. The Labute approximate surface area is 169 Å². The number of hydrogen-bond acceptors (Lipinski definition) is 5.